The topological polar surface area (TPSA) is 86.3 Å². The van der Waals surface area contributed by atoms with E-state index >= 15 is 0 Å². The Bertz CT molecular complexity index is 1170. The van der Waals surface area contributed by atoms with Crippen molar-refractivity contribution in [1.82, 2.24) is 15.0 Å². The van der Waals surface area contributed by atoms with Crippen LogP contribution >= 0.6 is 0 Å². The molecule has 0 fully saturated rings. The number of carbonyl (C=O) groups is 1. The summed E-state index contributed by atoms with van der Waals surface area (Å²) >= 11 is 0. The lowest BCUT2D eigenvalue weighted by Gasteiger charge is -2.13. The highest BCUT2D eigenvalue weighted by Gasteiger charge is 2.20. The molecular weight excluding hydrogens is 370 g/mol. The van der Waals surface area contributed by atoms with Gasteiger partial charge in [0.2, 0.25) is 11.5 Å². The summed E-state index contributed by atoms with van der Waals surface area (Å²) in [5.74, 6) is 0.926. The third-order valence-corrected chi connectivity index (χ3v) is 4.66. The van der Waals surface area contributed by atoms with Gasteiger partial charge >= 0.3 is 0 Å². The molecule has 0 aliphatic rings. The van der Waals surface area contributed by atoms with E-state index in [-0.39, 0.29) is 11.5 Å². The van der Waals surface area contributed by atoms with E-state index in [2.05, 4.69) is 15.0 Å². The zero-order chi connectivity index (χ0) is 20.4. The molecule has 1 N–H and O–H groups in total. The molecule has 0 aliphatic carbocycles. The lowest BCUT2D eigenvalue weighted by atomic mass is 10.1. The maximum atomic E-state index is 13.1. The molecule has 2 aromatic heterocycles. The summed E-state index contributed by atoms with van der Waals surface area (Å²) in [6, 6.07) is 11.1. The monoisotopic (exact) mass is 389 g/mol. The molecule has 0 bridgehead atoms. The minimum atomic E-state index is -0.293. The van der Waals surface area contributed by atoms with Crippen LogP contribution in [-0.2, 0) is 0 Å². The van der Waals surface area contributed by atoms with Crippen molar-refractivity contribution in [3.63, 3.8) is 0 Å². The summed E-state index contributed by atoms with van der Waals surface area (Å²) in [5, 5.41) is 1.01. The molecule has 0 saturated heterocycles. The van der Waals surface area contributed by atoms with Gasteiger partial charge in [-0.1, -0.05) is 18.2 Å². The van der Waals surface area contributed by atoms with Crippen molar-refractivity contribution >= 4 is 16.7 Å². The first-order valence-electron chi connectivity index (χ1n) is 8.89. The average molecular weight is 389 g/mol. The van der Waals surface area contributed by atoms with E-state index in [9.17, 15) is 4.79 Å². The van der Waals surface area contributed by atoms with E-state index < -0.39 is 0 Å². The van der Waals surface area contributed by atoms with Crippen LogP contribution in [0.25, 0.3) is 22.2 Å². The number of rotatable bonds is 6. The Labute approximate surface area is 167 Å². The van der Waals surface area contributed by atoms with Crippen LogP contribution < -0.4 is 14.2 Å². The molecule has 7 nitrogen and oxygen atoms in total. The number of nitrogens with zero attached hydrogens (tertiary/aromatic N) is 2. The van der Waals surface area contributed by atoms with E-state index in [1.54, 1.807) is 18.3 Å². The molecule has 29 heavy (non-hydrogen) atoms. The molecule has 146 valence electrons. The smallest absolute Gasteiger partial charge is 0.213 e. The van der Waals surface area contributed by atoms with E-state index in [0.717, 1.165) is 16.5 Å². The zero-order valence-corrected chi connectivity index (χ0v) is 16.2. The molecule has 4 aromatic rings. The first-order valence-corrected chi connectivity index (χ1v) is 8.89. The third kappa shape index (κ3) is 3.27. The number of fused-ring (bicyclic) bond motifs is 1. The maximum Gasteiger partial charge on any atom is 0.213 e. The molecule has 0 radical (unpaired) electrons. The van der Waals surface area contributed by atoms with Gasteiger partial charge in [-0.25, -0.2) is 4.98 Å². The summed E-state index contributed by atoms with van der Waals surface area (Å²) in [6.07, 6.45) is 4.95. The lowest BCUT2D eigenvalue weighted by Crippen LogP contribution is -2.07. The van der Waals surface area contributed by atoms with Crippen molar-refractivity contribution in [2.75, 3.05) is 21.3 Å². The number of aromatic nitrogens is 3. The van der Waals surface area contributed by atoms with Gasteiger partial charge < -0.3 is 19.2 Å². The molecule has 2 aromatic carbocycles. The van der Waals surface area contributed by atoms with E-state index in [0.29, 0.717) is 28.5 Å². The molecular formula is C22H19N3O4. The van der Waals surface area contributed by atoms with Crippen LogP contribution in [0.3, 0.4) is 0 Å². The standard InChI is InChI=1S/C22H19N3O4/c1-27-19-8-13(9-20(28-2)22(19)29-3)21(26)18-12-23-11-17(25-18)15-10-24-16-7-5-4-6-14(15)16/h4-12,24H,1-3H3. The molecule has 0 spiro atoms. The normalized spacial score (nSPS) is 10.7. The highest BCUT2D eigenvalue weighted by Crippen LogP contribution is 2.38. The van der Waals surface area contributed by atoms with Crippen LogP contribution in [0.15, 0.2) is 55.0 Å². The second kappa shape index (κ2) is 7.63. The fourth-order valence-electron chi connectivity index (χ4n) is 3.25. The molecule has 0 aliphatic heterocycles. The SMILES string of the molecule is COc1cc(C(=O)c2cncc(-c3c[nH]c4ccccc34)n2)cc(OC)c1OC. The van der Waals surface area contributed by atoms with Crippen LogP contribution in [0.1, 0.15) is 16.1 Å². The van der Waals surface area contributed by atoms with Gasteiger partial charge in [-0.3, -0.25) is 9.78 Å². The maximum absolute atomic E-state index is 13.1. The number of nitrogens with one attached hydrogen (secondary N) is 1. The van der Waals surface area contributed by atoms with Crippen LogP contribution in [-0.4, -0.2) is 42.1 Å². The van der Waals surface area contributed by atoms with Crippen molar-refractivity contribution in [1.29, 1.82) is 0 Å². The highest BCUT2D eigenvalue weighted by molar-refractivity contribution is 6.08. The summed E-state index contributed by atoms with van der Waals surface area (Å²) in [7, 11) is 4.52. The van der Waals surface area contributed by atoms with E-state index in [1.165, 1.54) is 27.5 Å². The first-order chi connectivity index (χ1) is 14.2. The number of ether oxygens (including phenoxy) is 3. The van der Waals surface area contributed by atoms with Crippen molar-refractivity contribution < 1.29 is 19.0 Å². The van der Waals surface area contributed by atoms with Crippen LogP contribution in [0.2, 0.25) is 0 Å². The van der Waals surface area contributed by atoms with Gasteiger partial charge in [0, 0.05) is 28.2 Å². The van der Waals surface area contributed by atoms with Crippen molar-refractivity contribution in [2.24, 2.45) is 0 Å². The minimum absolute atomic E-state index is 0.224. The number of hydrogen-bond donors (Lipinski definition) is 1. The van der Waals surface area contributed by atoms with Crippen molar-refractivity contribution in [3.05, 3.63) is 66.2 Å². The van der Waals surface area contributed by atoms with Gasteiger partial charge in [-0.05, 0) is 18.2 Å². The number of methoxy groups -OCH3 is 3. The Morgan fingerprint density at radius 1 is 0.966 bits per heavy atom. The second-order valence-corrected chi connectivity index (χ2v) is 6.28. The molecule has 0 saturated carbocycles. The number of aromatic amines is 1. The minimum Gasteiger partial charge on any atom is -0.493 e. The number of hydrogen-bond acceptors (Lipinski definition) is 6. The Hall–Kier alpha value is -3.87. The lowest BCUT2D eigenvalue weighted by molar-refractivity contribution is 0.103. The molecule has 0 atom stereocenters. The van der Waals surface area contributed by atoms with Crippen LogP contribution in [0, 0.1) is 0 Å². The van der Waals surface area contributed by atoms with E-state index in [1.807, 2.05) is 30.5 Å². The average Bonchev–Trinajstić information content (AvgIpc) is 3.21. The van der Waals surface area contributed by atoms with Gasteiger partial charge in [0.25, 0.3) is 0 Å². The quantitative estimate of drug-likeness (QED) is 0.504. The molecule has 0 unspecified atom stereocenters. The summed E-state index contributed by atoms with van der Waals surface area (Å²) in [4.78, 5) is 25.1. The Kier molecular flexibility index (Phi) is 4.87. The molecule has 2 heterocycles. The first kappa shape index (κ1) is 18.5. The van der Waals surface area contributed by atoms with Crippen LogP contribution in [0.4, 0.5) is 0 Å². The second-order valence-electron chi connectivity index (χ2n) is 6.28. The summed E-state index contributed by atoms with van der Waals surface area (Å²) < 4.78 is 16.0. The van der Waals surface area contributed by atoms with Gasteiger partial charge in [-0.2, -0.15) is 0 Å². The number of H-pyrrole nitrogens is 1. The van der Waals surface area contributed by atoms with Gasteiger partial charge in [0.15, 0.2) is 11.5 Å². The zero-order valence-electron chi connectivity index (χ0n) is 16.2. The summed E-state index contributed by atoms with van der Waals surface area (Å²) in [5.41, 5.74) is 3.07. The molecule has 4 rings (SSSR count). The summed E-state index contributed by atoms with van der Waals surface area (Å²) in [6.45, 7) is 0. The number of benzene rings is 2. The van der Waals surface area contributed by atoms with Crippen molar-refractivity contribution in [2.45, 2.75) is 0 Å². The molecule has 0 amide bonds. The number of para-hydroxylation sites is 1. The van der Waals surface area contributed by atoms with Gasteiger partial charge in [-0.15, -0.1) is 0 Å². The van der Waals surface area contributed by atoms with E-state index in [4.69, 9.17) is 14.2 Å². The van der Waals surface area contributed by atoms with Gasteiger partial charge in [0.05, 0.1) is 39.4 Å². The fourth-order valence-corrected chi connectivity index (χ4v) is 3.25. The van der Waals surface area contributed by atoms with Gasteiger partial charge in [0.1, 0.15) is 5.69 Å². The Balaban J connectivity index is 1.76. The van der Waals surface area contributed by atoms with Crippen molar-refractivity contribution in [3.8, 4) is 28.5 Å². The highest BCUT2D eigenvalue weighted by atomic mass is 16.5. The largest absolute Gasteiger partial charge is 0.493 e. The Morgan fingerprint density at radius 3 is 2.38 bits per heavy atom. The number of ketones is 1. The molecule has 7 heteroatoms. The fraction of sp³-hybridized carbons (Fsp3) is 0.136. The third-order valence-electron chi connectivity index (χ3n) is 4.66. The predicted octanol–water partition coefficient (Wildman–Crippen LogP) is 3.88. The number of carbonyl (C=O) groups excluding carboxylic acids is 1. The van der Waals surface area contributed by atoms with Crippen LogP contribution in [0.5, 0.6) is 17.2 Å². The predicted molar refractivity (Wildman–Crippen MR) is 109 cm³/mol. The Morgan fingerprint density at radius 2 is 1.69 bits per heavy atom.